The van der Waals surface area contributed by atoms with Gasteiger partial charge in [-0.15, -0.1) is 10.2 Å². The molecule has 0 amide bonds. The lowest BCUT2D eigenvalue weighted by atomic mass is 10.2. The summed E-state index contributed by atoms with van der Waals surface area (Å²) in [5.41, 5.74) is 1.09. The molecule has 0 radical (unpaired) electrons. The molecule has 0 saturated heterocycles. The van der Waals surface area contributed by atoms with E-state index in [0.717, 1.165) is 22.0 Å². The summed E-state index contributed by atoms with van der Waals surface area (Å²) in [6.45, 7) is 2.56. The molecule has 4 nitrogen and oxygen atoms in total. The highest BCUT2D eigenvalue weighted by molar-refractivity contribution is 7.99. The van der Waals surface area contributed by atoms with Crippen LogP contribution in [0.25, 0.3) is 0 Å². The first-order chi connectivity index (χ1) is 9.22. The van der Waals surface area contributed by atoms with Crippen molar-refractivity contribution >= 4 is 23.4 Å². The second kappa shape index (κ2) is 5.53. The van der Waals surface area contributed by atoms with Crippen LogP contribution in [0.1, 0.15) is 24.3 Å². The first-order valence-electron chi connectivity index (χ1n) is 6.21. The fourth-order valence-corrected chi connectivity index (χ4v) is 2.93. The van der Waals surface area contributed by atoms with Crippen LogP contribution in [-0.4, -0.2) is 16.2 Å². The van der Waals surface area contributed by atoms with Crippen LogP contribution >= 0.6 is 23.4 Å². The summed E-state index contributed by atoms with van der Waals surface area (Å²) in [5.74, 6) is 0.571. The standard InChI is InChI=1S/C13H14ClN3OS/c1-8-16-17-13(18-8)19-12-4-2-3-11(14)10(12)7-15-9-5-6-9/h2-4,9,15H,5-7H2,1H3. The van der Waals surface area contributed by atoms with Crippen LogP contribution in [0.2, 0.25) is 5.02 Å². The number of aromatic nitrogens is 2. The second-order valence-corrected chi connectivity index (χ2v) is 5.96. The lowest BCUT2D eigenvalue weighted by Crippen LogP contribution is -2.16. The summed E-state index contributed by atoms with van der Waals surface area (Å²) in [6, 6.07) is 6.53. The van der Waals surface area contributed by atoms with Crippen molar-refractivity contribution < 1.29 is 4.42 Å². The summed E-state index contributed by atoms with van der Waals surface area (Å²) in [6.07, 6.45) is 2.52. The van der Waals surface area contributed by atoms with Crippen molar-refractivity contribution in [2.24, 2.45) is 0 Å². The van der Waals surface area contributed by atoms with E-state index in [2.05, 4.69) is 15.5 Å². The van der Waals surface area contributed by atoms with E-state index in [0.29, 0.717) is 17.2 Å². The van der Waals surface area contributed by atoms with Crippen LogP contribution in [0.15, 0.2) is 32.7 Å². The van der Waals surface area contributed by atoms with Crippen LogP contribution < -0.4 is 5.32 Å². The fraction of sp³-hybridized carbons (Fsp3) is 0.385. The summed E-state index contributed by atoms with van der Waals surface area (Å²) in [4.78, 5) is 1.06. The Labute approximate surface area is 120 Å². The molecule has 1 aliphatic rings. The molecule has 2 aromatic rings. The Kier molecular flexibility index (Phi) is 3.77. The highest BCUT2D eigenvalue weighted by atomic mass is 35.5. The maximum absolute atomic E-state index is 6.28. The molecule has 6 heteroatoms. The summed E-state index contributed by atoms with van der Waals surface area (Å²) in [5, 5.41) is 12.6. The molecule has 0 aliphatic heterocycles. The van der Waals surface area contributed by atoms with Gasteiger partial charge in [-0.2, -0.15) is 0 Å². The van der Waals surface area contributed by atoms with E-state index < -0.39 is 0 Å². The van der Waals surface area contributed by atoms with Gasteiger partial charge < -0.3 is 9.73 Å². The molecule has 0 bridgehead atoms. The van der Waals surface area contributed by atoms with Crippen molar-refractivity contribution in [1.29, 1.82) is 0 Å². The van der Waals surface area contributed by atoms with Crippen molar-refractivity contribution in [3.05, 3.63) is 34.7 Å². The Morgan fingerprint density at radius 1 is 1.42 bits per heavy atom. The molecule has 1 heterocycles. The van der Waals surface area contributed by atoms with Crippen LogP contribution in [0.5, 0.6) is 0 Å². The first-order valence-corrected chi connectivity index (χ1v) is 7.40. The molecule has 3 rings (SSSR count). The van der Waals surface area contributed by atoms with E-state index in [1.54, 1.807) is 6.92 Å². The van der Waals surface area contributed by atoms with Gasteiger partial charge in [0.25, 0.3) is 5.22 Å². The van der Waals surface area contributed by atoms with Crippen LogP contribution in [0.3, 0.4) is 0 Å². The quantitative estimate of drug-likeness (QED) is 0.916. The van der Waals surface area contributed by atoms with Gasteiger partial charge in [0.1, 0.15) is 0 Å². The summed E-state index contributed by atoms with van der Waals surface area (Å²) >= 11 is 7.74. The molecule has 100 valence electrons. The van der Waals surface area contributed by atoms with Gasteiger partial charge in [-0.05, 0) is 42.3 Å². The Hall–Kier alpha value is -1.04. The maximum Gasteiger partial charge on any atom is 0.281 e. The summed E-state index contributed by atoms with van der Waals surface area (Å²) in [7, 11) is 0. The zero-order chi connectivity index (χ0) is 13.2. The average Bonchev–Trinajstić information content (AvgIpc) is 3.12. The third kappa shape index (κ3) is 3.29. The van der Waals surface area contributed by atoms with E-state index in [9.17, 15) is 0 Å². The molecule has 1 aromatic carbocycles. The molecule has 0 spiro atoms. The van der Waals surface area contributed by atoms with Gasteiger partial charge in [0.05, 0.1) is 0 Å². The highest BCUT2D eigenvalue weighted by Crippen LogP contribution is 2.33. The van der Waals surface area contributed by atoms with Gasteiger partial charge in [-0.3, -0.25) is 0 Å². The fourth-order valence-electron chi connectivity index (χ4n) is 1.75. The number of rotatable bonds is 5. The van der Waals surface area contributed by atoms with E-state index in [4.69, 9.17) is 16.0 Å². The Balaban J connectivity index is 1.80. The van der Waals surface area contributed by atoms with Crippen molar-refractivity contribution in [1.82, 2.24) is 15.5 Å². The van der Waals surface area contributed by atoms with Gasteiger partial charge in [0, 0.05) is 29.4 Å². The molecule has 0 unspecified atom stereocenters. The van der Waals surface area contributed by atoms with Gasteiger partial charge >= 0.3 is 0 Å². The van der Waals surface area contributed by atoms with Crippen LogP contribution in [0, 0.1) is 6.92 Å². The lowest BCUT2D eigenvalue weighted by molar-refractivity contribution is 0.429. The average molecular weight is 296 g/mol. The molecule has 0 atom stereocenters. The third-order valence-corrected chi connectivity index (χ3v) is 4.22. The molecule has 19 heavy (non-hydrogen) atoms. The first kappa shape index (κ1) is 13.0. The lowest BCUT2D eigenvalue weighted by Gasteiger charge is -2.10. The van der Waals surface area contributed by atoms with Gasteiger partial charge in [-0.25, -0.2) is 0 Å². The molecule has 1 aromatic heterocycles. The zero-order valence-corrected chi connectivity index (χ0v) is 12.1. The smallest absolute Gasteiger partial charge is 0.281 e. The molecule has 1 saturated carbocycles. The number of hydrogen-bond donors (Lipinski definition) is 1. The van der Waals surface area contributed by atoms with Crippen molar-refractivity contribution in [3.8, 4) is 0 Å². The number of nitrogens with zero attached hydrogens (tertiary/aromatic N) is 2. The van der Waals surface area contributed by atoms with Crippen molar-refractivity contribution in [2.75, 3.05) is 0 Å². The molecular weight excluding hydrogens is 282 g/mol. The summed E-state index contributed by atoms with van der Waals surface area (Å²) < 4.78 is 5.40. The van der Waals surface area contributed by atoms with Gasteiger partial charge in [0.2, 0.25) is 5.89 Å². The van der Waals surface area contributed by atoms with E-state index in [1.807, 2.05) is 18.2 Å². The molecule has 1 fully saturated rings. The minimum Gasteiger partial charge on any atom is -0.416 e. The number of nitrogens with one attached hydrogen (secondary N) is 1. The van der Waals surface area contributed by atoms with Crippen LogP contribution in [-0.2, 0) is 6.54 Å². The van der Waals surface area contributed by atoms with E-state index in [1.165, 1.54) is 24.6 Å². The predicted octanol–water partition coefficient (Wildman–Crippen LogP) is 3.43. The Morgan fingerprint density at radius 3 is 2.95 bits per heavy atom. The monoisotopic (exact) mass is 295 g/mol. The van der Waals surface area contributed by atoms with Crippen molar-refractivity contribution in [2.45, 2.75) is 42.5 Å². The van der Waals surface area contributed by atoms with Gasteiger partial charge in [-0.1, -0.05) is 17.7 Å². The normalized spacial score (nSPS) is 14.8. The highest BCUT2D eigenvalue weighted by Gasteiger charge is 2.21. The van der Waals surface area contributed by atoms with Crippen LogP contribution in [0.4, 0.5) is 0 Å². The Morgan fingerprint density at radius 2 is 2.26 bits per heavy atom. The molecule has 1 aliphatic carbocycles. The SMILES string of the molecule is Cc1nnc(Sc2cccc(Cl)c2CNC2CC2)o1. The topological polar surface area (TPSA) is 51.0 Å². The van der Waals surface area contributed by atoms with Crippen molar-refractivity contribution in [3.63, 3.8) is 0 Å². The maximum atomic E-state index is 6.28. The predicted molar refractivity (Wildman–Crippen MR) is 74.5 cm³/mol. The largest absolute Gasteiger partial charge is 0.416 e. The number of hydrogen-bond acceptors (Lipinski definition) is 5. The second-order valence-electron chi connectivity index (χ2n) is 4.56. The van der Waals surface area contributed by atoms with Gasteiger partial charge in [0.15, 0.2) is 0 Å². The molecule has 1 N–H and O–H groups in total. The minimum atomic E-state index is 0.549. The minimum absolute atomic E-state index is 0.549. The Bertz CT molecular complexity index is 583. The number of benzene rings is 1. The molecular formula is C13H14ClN3OS. The number of aryl methyl sites for hydroxylation is 1. The zero-order valence-electron chi connectivity index (χ0n) is 10.5. The third-order valence-electron chi connectivity index (χ3n) is 2.93. The van der Waals surface area contributed by atoms with E-state index >= 15 is 0 Å². The number of halogens is 1. The van der Waals surface area contributed by atoms with E-state index in [-0.39, 0.29) is 0 Å².